The summed E-state index contributed by atoms with van der Waals surface area (Å²) in [7, 11) is 0. The number of ether oxygens (including phenoxy) is 3. The van der Waals surface area contributed by atoms with Crippen LogP contribution in [0.4, 0.5) is 0 Å². The van der Waals surface area contributed by atoms with Crippen molar-refractivity contribution in [2.75, 3.05) is 32.7 Å². The van der Waals surface area contributed by atoms with Crippen LogP contribution in [0.15, 0.2) is 30.5 Å². The van der Waals surface area contributed by atoms with Gasteiger partial charge < -0.3 is 24.0 Å². The molecule has 228 valence electrons. The molecule has 0 N–H and O–H groups in total. The minimum absolute atomic E-state index is 0.0731. The van der Waals surface area contributed by atoms with Gasteiger partial charge in [0.2, 0.25) is 5.79 Å². The van der Waals surface area contributed by atoms with Crippen LogP contribution in [0.25, 0.3) is 5.69 Å². The summed E-state index contributed by atoms with van der Waals surface area (Å²) in [6.07, 6.45) is 4.81. The Hall–Kier alpha value is -2.41. The maximum Gasteiger partial charge on any atom is 0.253 e. The van der Waals surface area contributed by atoms with Gasteiger partial charge in [0.05, 0.1) is 18.5 Å². The minimum Gasteiger partial charge on any atom is -0.346 e. The lowest BCUT2D eigenvalue weighted by Crippen LogP contribution is -2.70. The van der Waals surface area contributed by atoms with Crippen LogP contribution in [0.1, 0.15) is 69.4 Å². The number of carbonyl (C=O) groups excluding carboxylic acids is 1. The molecule has 11 nitrogen and oxygen atoms in total. The molecule has 0 unspecified atom stereocenters. The molecule has 1 aromatic carbocycles. The molecule has 2 bridgehead atoms. The Balaban J connectivity index is 1.000. The fourth-order valence-corrected chi connectivity index (χ4v) is 7.93. The fraction of sp³-hybridized carbons (Fsp3) is 0.710. The van der Waals surface area contributed by atoms with Gasteiger partial charge in [-0.25, -0.2) is 14.5 Å². The van der Waals surface area contributed by atoms with E-state index in [1.165, 1.54) is 0 Å². The number of benzene rings is 1. The van der Waals surface area contributed by atoms with Crippen LogP contribution in [-0.4, -0.2) is 87.4 Å². The van der Waals surface area contributed by atoms with Crippen LogP contribution in [0.3, 0.4) is 0 Å². The molecule has 6 fully saturated rings. The lowest BCUT2D eigenvalue weighted by atomic mass is 9.58. The number of likely N-dealkylation sites (N-methyl/N-ethyl adjacent to an activating group) is 1. The van der Waals surface area contributed by atoms with E-state index in [9.17, 15) is 4.79 Å². The van der Waals surface area contributed by atoms with E-state index in [1.54, 1.807) is 4.68 Å². The summed E-state index contributed by atoms with van der Waals surface area (Å²) in [6, 6.07) is 7.53. The van der Waals surface area contributed by atoms with E-state index in [4.69, 9.17) is 24.0 Å². The van der Waals surface area contributed by atoms with E-state index < -0.39 is 24.0 Å². The van der Waals surface area contributed by atoms with Gasteiger partial charge in [-0.15, -0.1) is 5.10 Å². The van der Waals surface area contributed by atoms with Crippen molar-refractivity contribution in [2.45, 2.75) is 84.0 Å². The van der Waals surface area contributed by atoms with Crippen molar-refractivity contribution in [1.82, 2.24) is 24.8 Å². The topological polar surface area (TPSA) is 100 Å². The summed E-state index contributed by atoms with van der Waals surface area (Å²) in [5.74, 6) is 0.401. The first kappa shape index (κ1) is 28.4. The van der Waals surface area contributed by atoms with Crippen LogP contribution in [0.5, 0.6) is 0 Å². The SMILES string of the molecule is CCN1CCN(C(=O)c2ccc(-n3cc(CO[C@H]4O[C@@H]5O[C@@]6(C)CC[C@H]7[C@H](C)CC[C@@H]([C@H]4C)[C@@]57OO6)nn3)cc2)CC1. The first-order valence-electron chi connectivity index (χ1n) is 15.6. The average Bonchev–Trinajstić information content (AvgIpc) is 3.37. The Bertz CT molecular complexity index is 1280. The van der Waals surface area contributed by atoms with E-state index in [0.717, 1.165) is 64.1 Å². The largest absolute Gasteiger partial charge is 0.346 e. The second-order valence-electron chi connectivity index (χ2n) is 13.0. The number of hydrogen-bond donors (Lipinski definition) is 0. The number of piperazine rings is 1. The predicted octanol–water partition coefficient (Wildman–Crippen LogP) is 3.77. The molecule has 2 aromatic rings. The second-order valence-corrected chi connectivity index (χ2v) is 13.0. The van der Waals surface area contributed by atoms with Crippen LogP contribution in [0, 0.1) is 23.7 Å². The van der Waals surface area contributed by atoms with E-state index in [2.05, 4.69) is 36.0 Å². The lowest BCUT2D eigenvalue weighted by molar-refractivity contribution is -0.577. The van der Waals surface area contributed by atoms with Gasteiger partial charge >= 0.3 is 0 Å². The Labute approximate surface area is 247 Å². The molecule has 6 heterocycles. The number of hydrogen-bond acceptors (Lipinski definition) is 9. The minimum atomic E-state index is -0.810. The average molecular weight is 582 g/mol. The first-order valence-corrected chi connectivity index (χ1v) is 15.6. The molecule has 6 aliphatic rings. The van der Waals surface area contributed by atoms with Gasteiger partial charge in [0, 0.05) is 50.0 Å². The zero-order valence-electron chi connectivity index (χ0n) is 25.1. The zero-order valence-corrected chi connectivity index (χ0v) is 25.1. The molecular weight excluding hydrogens is 538 g/mol. The molecule has 42 heavy (non-hydrogen) atoms. The molecule has 1 amide bonds. The van der Waals surface area contributed by atoms with Crippen molar-refractivity contribution in [3.05, 3.63) is 41.7 Å². The number of rotatable bonds is 6. The molecule has 1 spiro atoms. The molecule has 5 saturated heterocycles. The smallest absolute Gasteiger partial charge is 0.253 e. The van der Waals surface area contributed by atoms with Crippen LogP contribution >= 0.6 is 0 Å². The Morgan fingerprint density at radius 3 is 2.60 bits per heavy atom. The van der Waals surface area contributed by atoms with Crippen molar-refractivity contribution in [1.29, 1.82) is 0 Å². The number of amides is 1. The fourth-order valence-electron chi connectivity index (χ4n) is 7.93. The standard InChI is InChI=1S/C31H43N5O6/c1-5-34-14-16-35(17-15-34)27(37)22-7-9-24(10-8-22)36-18-23(32-33-36)19-38-28-21(3)26-11-6-20(2)25-12-13-30(4)40-29(39-28)31(25,26)42-41-30/h7-10,18,20-21,25-26,28-29H,5-6,11-17,19H2,1-4H3/t20-,21-,25+,26+,28+,29-,30-,31-/m1/s1. The summed E-state index contributed by atoms with van der Waals surface area (Å²) < 4.78 is 21.0. The number of nitrogens with zero attached hydrogens (tertiary/aromatic N) is 5. The number of aromatic nitrogens is 3. The number of fused-ring (bicyclic) bond motifs is 2. The molecule has 1 aromatic heterocycles. The highest BCUT2D eigenvalue weighted by molar-refractivity contribution is 5.94. The van der Waals surface area contributed by atoms with Crippen molar-refractivity contribution in [2.24, 2.45) is 23.7 Å². The summed E-state index contributed by atoms with van der Waals surface area (Å²) >= 11 is 0. The zero-order chi connectivity index (χ0) is 29.1. The normalized spacial score (nSPS) is 38.2. The summed E-state index contributed by atoms with van der Waals surface area (Å²) in [5, 5.41) is 8.65. The molecule has 1 aliphatic carbocycles. The molecule has 1 saturated carbocycles. The molecule has 8 rings (SSSR count). The second kappa shape index (κ2) is 10.9. The van der Waals surface area contributed by atoms with Gasteiger partial charge in [0.1, 0.15) is 5.69 Å². The predicted molar refractivity (Wildman–Crippen MR) is 151 cm³/mol. The van der Waals surface area contributed by atoms with Gasteiger partial charge in [-0.2, -0.15) is 0 Å². The van der Waals surface area contributed by atoms with Crippen LogP contribution in [0.2, 0.25) is 0 Å². The molecule has 5 aliphatic heterocycles. The third kappa shape index (κ3) is 4.78. The van der Waals surface area contributed by atoms with Crippen molar-refractivity contribution in [3.8, 4) is 5.69 Å². The van der Waals surface area contributed by atoms with Gasteiger partial charge in [-0.1, -0.05) is 26.0 Å². The molecular formula is C31H43N5O6. The number of carbonyl (C=O) groups is 1. The van der Waals surface area contributed by atoms with Crippen molar-refractivity contribution in [3.63, 3.8) is 0 Å². The molecule has 8 atom stereocenters. The Morgan fingerprint density at radius 1 is 1.05 bits per heavy atom. The highest BCUT2D eigenvalue weighted by atomic mass is 17.3. The molecule has 0 radical (unpaired) electrons. The molecule has 11 heteroatoms. The van der Waals surface area contributed by atoms with E-state index in [-0.39, 0.29) is 24.3 Å². The van der Waals surface area contributed by atoms with Gasteiger partial charge in [0.15, 0.2) is 18.2 Å². The monoisotopic (exact) mass is 581 g/mol. The summed E-state index contributed by atoms with van der Waals surface area (Å²) in [5.41, 5.74) is 1.62. The van der Waals surface area contributed by atoms with Crippen LogP contribution in [-0.2, 0) is 30.6 Å². The van der Waals surface area contributed by atoms with Gasteiger partial charge in [-0.3, -0.25) is 4.79 Å². The van der Waals surface area contributed by atoms with E-state index >= 15 is 0 Å². The maximum absolute atomic E-state index is 13.0. The third-order valence-electron chi connectivity index (χ3n) is 10.5. The van der Waals surface area contributed by atoms with Crippen LogP contribution < -0.4 is 0 Å². The third-order valence-corrected chi connectivity index (χ3v) is 10.5. The highest BCUT2D eigenvalue weighted by Crippen LogP contribution is 2.60. The summed E-state index contributed by atoms with van der Waals surface area (Å²) in [6.45, 7) is 13.2. The Kier molecular flexibility index (Phi) is 7.39. The Morgan fingerprint density at radius 2 is 1.83 bits per heavy atom. The quantitative estimate of drug-likeness (QED) is 0.472. The van der Waals surface area contributed by atoms with E-state index in [0.29, 0.717) is 23.1 Å². The van der Waals surface area contributed by atoms with Crippen molar-refractivity contribution < 1.29 is 28.8 Å². The van der Waals surface area contributed by atoms with E-state index in [1.807, 2.05) is 42.3 Å². The van der Waals surface area contributed by atoms with Crippen molar-refractivity contribution >= 4 is 5.91 Å². The maximum atomic E-state index is 13.0. The van der Waals surface area contributed by atoms with Gasteiger partial charge in [0.25, 0.3) is 5.91 Å². The summed E-state index contributed by atoms with van der Waals surface area (Å²) in [4.78, 5) is 29.4. The van der Waals surface area contributed by atoms with Gasteiger partial charge in [-0.05, 0) is 68.8 Å². The lowest BCUT2D eigenvalue weighted by Gasteiger charge is -2.60. The first-order chi connectivity index (χ1) is 20.3. The highest BCUT2D eigenvalue weighted by Gasteiger charge is 2.69.